The fraction of sp³-hybridized carbons (Fsp3) is 0.154. The second kappa shape index (κ2) is 4.54. The van der Waals surface area contributed by atoms with E-state index in [-0.39, 0.29) is 6.61 Å². The molecule has 18 heavy (non-hydrogen) atoms. The Bertz CT molecular complexity index is 672. The van der Waals surface area contributed by atoms with E-state index in [2.05, 4.69) is 15.2 Å². The molecule has 0 atom stereocenters. The molecule has 2 heterocycles. The van der Waals surface area contributed by atoms with Crippen molar-refractivity contribution in [2.75, 3.05) is 0 Å². The van der Waals surface area contributed by atoms with Crippen LogP contribution in [0.2, 0.25) is 0 Å². The lowest BCUT2D eigenvalue weighted by molar-refractivity contribution is 0.265. The minimum absolute atomic E-state index is 0.113. The van der Waals surface area contributed by atoms with Gasteiger partial charge in [0.25, 0.3) is 0 Å². The van der Waals surface area contributed by atoms with Gasteiger partial charge < -0.3 is 9.67 Å². The number of aromatic nitrogens is 4. The molecule has 0 aliphatic carbocycles. The predicted octanol–water partition coefficient (Wildman–Crippen LogP) is 1.37. The monoisotopic (exact) mass is 240 g/mol. The van der Waals surface area contributed by atoms with Crippen LogP contribution in [0.15, 0.2) is 42.9 Å². The highest BCUT2D eigenvalue weighted by Gasteiger charge is 2.06. The van der Waals surface area contributed by atoms with Crippen molar-refractivity contribution in [3.63, 3.8) is 0 Å². The minimum Gasteiger partial charge on any atom is -0.388 e. The summed E-state index contributed by atoms with van der Waals surface area (Å²) >= 11 is 0. The fourth-order valence-electron chi connectivity index (χ4n) is 2.01. The first-order valence-corrected chi connectivity index (χ1v) is 5.68. The van der Waals surface area contributed by atoms with Gasteiger partial charge in [-0.1, -0.05) is 24.3 Å². The van der Waals surface area contributed by atoms with Gasteiger partial charge >= 0.3 is 0 Å². The number of para-hydroxylation sites is 1. The lowest BCUT2D eigenvalue weighted by Crippen LogP contribution is -2.05. The highest BCUT2D eigenvalue weighted by atomic mass is 16.3. The lowest BCUT2D eigenvalue weighted by Gasteiger charge is -2.07. The van der Waals surface area contributed by atoms with Gasteiger partial charge in [0.15, 0.2) is 5.82 Å². The van der Waals surface area contributed by atoms with Crippen LogP contribution in [0, 0.1) is 0 Å². The van der Waals surface area contributed by atoms with Gasteiger partial charge in [-0.05, 0) is 11.6 Å². The number of fused-ring (bicyclic) bond motifs is 1. The molecule has 0 radical (unpaired) electrons. The van der Waals surface area contributed by atoms with Crippen LogP contribution in [0.3, 0.4) is 0 Å². The molecule has 0 saturated heterocycles. The number of pyridine rings is 1. The molecule has 0 amide bonds. The van der Waals surface area contributed by atoms with Crippen LogP contribution in [0.5, 0.6) is 0 Å². The Balaban J connectivity index is 2.05. The summed E-state index contributed by atoms with van der Waals surface area (Å²) in [6.45, 7) is 0.495. The van der Waals surface area contributed by atoms with Crippen LogP contribution in [0.4, 0.5) is 0 Å². The summed E-state index contributed by atoms with van der Waals surface area (Å²) in [6, 6.07) is 10.0. The number of rotatable bonds is 3. The maximum absolute atomic E-state index is 9.16. The van der Waals surface area contributed by atoms with E-state index >= 15 is 0 Å². The van der Waals surface area contributed by atoms with E-state index < -0.39 is 0 Å². The normalized spacial score (nSPS) is 10.9. The number of hydrogen-bond acceptors (Lipinski definition) is 4. The van der Waals surface area contributed by atoms with Crippen LogP contribution in [-0.2, 0) is 13.2 Å². The van der Waals surface area contributed by atoms with Crippen LogP contribution in [-0.4, -0.2) is 24.9 Å². The molecule has 90 valence electrons. The van der Waals surface area contributed by atoms with E-state index in [4.69, 9.17) is 5.11 Å². The molecular formula is C13H12N4O. The highest BCUT2D eigenvalue weighted by molar-refractivity contribution is 5.81. The molecule has 3 rings (SSSR count). The van der Waals surface area contributed by atoms with Crippen molar-refractivity contribution in [3.8, 4) is 0 Å². The summed E-state index contributed by atoms with van der Waals surface area (Å²) in [5.74, 6) is 0.558. The number of nitrogens with zero attached hydrogens (tertiary/aromatic N) is 4. The standard InChI is InChI=1S/C13H12N4O/c18-8-12-16-15-9-17(12)7-11-4-1-3-10-5-2-6-14-13(10)11/h1-6,9,18H,7-8H2. The van der Waals surface area contributed by atoms with Gasteiger partial charge in [-0.3, -0.25) is 4.98 Å². The number of aliphatic hydroxyl groups excluding tert-OH is 1. The summed E-state index contributed by atoms with van der Waals surface area (Å²) in [6.07, 6.45) is 3.40. The van der Waals surface area contributed by atoms with E-state index in [0.717, 1.165) is 16.5 Å². The van der Waals surface area contributed by atoms with Crippen molar-refractivity contribution >= 4 is 10.9 Å². The lowest BCUT2D eigenvalue weighted by atomic mass is 10.1. The van der Waals surface area contributed by atoms with E-state index in [1.807, 2.05) is 34.9 Å². The molecule has 0 aliphatic rings. The second-order valence-electron chi connectivity index (χ2n) is 4.03. The first-order chi connectivity index (χ1) is 8.88. The van der Waals surface area contributed by atoms with Crippen LogP contribution < -0.4 is 0 Å². The Labute approximate surface area is 104 Å². The summed E-state index contributed by atoms with van der Waals surface area (Å²) < 4.78 is 1.82. The van der Waals surface area contributed by atoms with Gasteiger partial charge in [0.05, 0.1) is 12.1 Å². The molecule has 0 aliphatic heterocycles. The van der Waals surface area contributed by atoms with Crippen molar-refractivity contribution in [2.45, 2.75) is 13.2 Å². The predicted molar refractivity (Wildman–Crippen MR) is 66.8 cm³/mol. The molecule has 3 aromatic rings. The van der Waals surface area contributed by atoms with Gasteiger partial charge in [0.2, 0.25) is 0 Å². The quantitative estimate of drug-likeness (QED) is 0.751. The minimum atomic E-state index is -0.113. The van der Waals surface area contributed by atoms with Crippen molar-refractivity contribution in [1.82, 2.24) is 19.7 Å². The largest absolute Gasteiger partial charge is 0.388 e. The Morgan fingerprint density at radius 3 is 2.94 bits per heavy atom. The maximum atomic E-state index is 9.16. The first kappa shape index (κ1) is 10.9. The van der Waals surface area contributed by atoms with E-state index in [1.165, 1.54) is 0 Å². The Morgan fingerprint density at radius 2 is 2.06 bits per heavy atom. The molecule has 0 bridgehead atoms. The zero-order valence-electron chi connectivity index (χ0n) is 9.69. The van der Waals surface area contributed by atoms with E-state index in [0.29, 0.717) is 12.4 Å². The number of aliphatic hydroxyl groups is 1. The highest BCUT2D eigenvalue weighted by Crippen LogP contribution is 2.17. The summed E-state index contributed by atoms with van der Waals surface area (Å²) in [5.41, 5.74) is 2.06. The van der Waals surface area contributed by atoms with Crippen molar-refractivity contribution in [3.05, 3.63) is 54.2 Å². The molecule has 0 unspecified atom stereocenters. The van der Waals surface area contributed by atoms with Gasteiger partial charge in [-0.2, -0.15) is 0 Å². The smallest absolute Gasteiger partial charge is 0.158 e. The first-order valence-electron chi connectivity index (χ1n) is 5.68. The SMILES string of the molecule is OCc1nncn1Cc1cccc2cccnc12. The van der Waals surface area contributed by atoms with Gasteiger partial charge in [0, 0.05) is 11.6 Å². The zero-order chi connectivity index (χ0) is 12.4. The summed E-state index contributed by atoms with van der Waals surface area (Å²) in [4.78, 5) is 4.40. The average molecular weight is 240 g/mol. The molecule has 1 aromatic carbocycles. The van der Waals surface area contributed by atoms with Gasteiger partial charge in [0.1, 0.15) is 12.9 Å². The molecule has 5 nitrogen and oxygen atoms in total. The third-order valence-electron chi connectivity index (χ3n) is 2.89. The average Bonchev–Trinajstić information content (AvgIpc) is 2.86. The molecule has 0 saturated carbocycles. The fourth-order valence-corrected chi connectivity index (χ4v) is 2.01. The summed E-state index contributed by atoms with van der Waals surface area (Å²) in [5, 5.41) is 17.9. The van der Waals surface area contributed by atoms with Crippen LogP contribution in [0.1, 0.15) is 11.4 Å². The van der Waals surface area contributed by atoms with Crippen molar-refractivity contribution in [1.29, 1.82) is 0 Å². The van der Waals surface area contributed by atoms with Gasteiger partial charge in [-0.15, -0.1) is 10.2 Å². The van der Waals surface area contributed by atoms with Crippen LogP contribution in [0.25, 0.3) is 10.9 Å². The number of benzene rings is 1. The second-order valence-corrected chi connectivity index (χ2v) is 4.03. The molecule has 1 N–H and O–H groups in total. The van der Waals surface area contributed by atoms with E-state index in [9.17, 15) is 0 Å². The van der Waals surface area contributed by atoms with E-state index in [1.54, 1.807) is 12.5 Å². The Hall–Kier alpha value is -2.27. The van der Waals surface area contributed by atoms with Crippen LogP contribution >= 0.6 is 0 Å². The van der Waals surface area contributed by atoms with Gasteiger partial charge in [-0.25, -0.2) is 0 Å². The zero-order valence-corrected chi connectivity index (χ0v) is 9.69. The molecular weight excluding hydrogens is 228 g/mol. The summed E-state index contributed by atoms with van der Waals surface area (Å²) in [7, 11) is 0. The molecule has 5 heteroatoms. The molecule has 2 aromatic heterocycles. The van der Waals surface area contributed by atoms with Crippen molar-refractivity contribution in [2.24, 2.45) is 0 Å². The van der Waals surface area contributed by atoms with Crippen molar-refractivity contribution < 1.29 is 5.11 Å². The Morgan fingerprint density at radius 1 is 1.17 bits per heavy atom. The molecule has 0 fully saturated rings. The topological polar surface area (TPSA) is 63.8 Å². The third-order valence-corrected chi connectivity index (χ3v) is 2.89. The maximum Gasteiger partial charge on any atom is 0.158 e. The third kappa shape index (κ3) is 1.84. The Kier molecular flexibility index (Phi) is 2.74. The number of hydrogen-bond donors (Lipinski definition) is 1. The molecule has 0 spiro atoms.